The third-order valence-corrected chi connectivity index (χ3v) is 7.53. The van der Waals surface area contributed by atoms with E-state index in [1.807, 2.05) is 24.3 Å². The Balaban J connectivity index is 1.73. The average Bonchev–Trinajstić information content (AvgIpc) is 3.26. The third-order valence-electron chi connectivity index (χ3n) is 4.85. The van der Waals surface area contributed by atoms with Crippen LogP contribution in [0.5, 0.6) is 0 Å². The lowest BCUT2D eigenvalue weighted by Gasteiger charge is -2.18. The van der Waals surface area contributed by atoms with E-state index in [1.54, 1.807) is 5.38 Å². The molecule has 0 aliphatic carbocycles. The van der Waals surface area contributed by atoms with Gasteiger partial charge < -0.3 is 4.74 Å². The molecule has 0 fully saturated rings. The van der Waals surface area contributed by atoms with E-state index in [9.17, 15) is 18.0 Å². The Bertz CT molecular complexity index is 1250. The van der Waals surface area contributed by atoms with Gasteiger partial charge in [-0.3, -0.25) is 9.69 Å². The summed E-state index contributed by atoms with van der Waals surface area (Å²) in [6.07, 6.45) is 0.900. The standard InChI is InChI=1S/C23H25N3O5S2/c1-5-17-9-11-20(12-10-17)26(16(2)27)23-24-19(15-32-23)14-31-22(28)18-7-6-8-21(13-18)33(29,30)25(3)4/h6-13,15H,5,14H2,1-4H3. The highest BCUT2D eigenvalue weighted by Crippen LogP contribution is 2.29. The molecule has 0 spiro atoms. The number of esters is 1. The van der Waals surface area contributed by atoms with E-state index in [4.69, 9.17) is 4.74 Å². The molecule has 3 rings (SSSR count). The van der Waals surface area contributed by atoms with Gasteiger partial charge in [-0.1, -0.05) is 25.1 Å². The lowest BCUT2D eigenvalue weighted by Crippen LogP contribution is -2.22. The highest BCUT2D eigenvalue weighted by molar-refractivity contribution is 7.89. The van der Waals surface area contributed by atoms with Crippen molar-refractivity contribution in [3.63, 3.8) is 0 Å². The Morgan fingerprint density at radius 1 is 1.09 bits per heavy atom. The minimum atomic E-state index is -3.67. The molecule has 1 amide bonds. The minimum absolute atomic E-state index is 0.00378. The summed E-state index contributed by atoms with van der Waals surface area (Å²) in [7, 11) is -0.829. The molecule has 1 aromatic heterocycles. The molecule has 8 nitrogen and oxygen atoms in total. The minimum Gasteiger partial charge on any atom is -0.456 e. The number of thiazole rings is 1. The lowest BCUT2D eigenvalue weighted by atomic mass is 10.1. The summed E-state index contributed by atoms with van der Waals surface area (Å²) in [5, 5.41) is 2.18. The quantitative estimate of drug-likeness (QED) is 0.446. The highest BCUT2D eigenvalue weighted by atomic mass is 32.2. The Hall–Kier alpha value is -3.08. The van der Waals surface area contributed by atoms with Gasteiger partial charge in [0.05, 0.1) is 21.8 Å². The van der Waals surface area contributed by atoms with Gasteiger partial charge in [-0.2, -0.15) is 0 Å². The number of sulfonamides is 1. The van der Waals surface area contributed by atoms with E-state index >= 15 is 0 Å². The second kappa shape index (κ2) is 10.2. The number of nitrogens with zero attached hydrogens (tertiary/aromatic N) is 3. The number of carbonyl (C=O) groups excluding carboxylic acids is 2. The molecule has 0 aliphatic heterocycles. The lowest BCUT2D eigenvalue weighted by molar-refractivity contribution is -0.115. The second-order valence-corrected chi connectivity index (χ2v) is 10.4. The topological polar surface area (TPSA) is 96.9 Å². The molecule has 0 atom stereocenters. The van der Waals surface area contributed by atoms with Crippen LogP contribution < -0.4 is 4.90 Å². The summed E-state index contributed by atoms with van der Waals surface area (Å²) in [4.78, 5) is 30.7. The number of rotatable bonds is 8. The van der Waals surface area contributed by atoms with Crippen molar-refractivity contribution >= 4 is 44.1 Å². The SMILES string of the molecule is CCc1ccc(N(C(C)=O)c2nc(COC(=O)c3cccc(S(=O)(=O)N(C)C)c3)cs2)cc1. The normalized spacial score (nSPS) is 11.4. The molecule has 33 heavy (non-hydrogen) atoms. The van der Waals surface area contributed by atoms with Gasteiger partial charge in [-0.25, -0.2) is 22.5 Å². The number of anilines is 2. The predicted molar refractivity (Wildman–Crippen MR) is 127 cm³/mol. The van der Waals surface area contributed by atoms with Gasteiger partial charge in [0.15, 0.2) is 5.13 Å². The highest BCUT2D eigenvalue weighted by Gasteiger charge is 2.21. The maximum Gasteiger partial charge on any atom is 0.338 e. The number of carbonyl (C=O) groups is 2. The molecule has 0 N–H and O–H groups in total. The number of benzene rings is 2. The first-order chi connectivity index (χ1) is 15.6. The molecule has 174 valence electrons. The molecule has 0 saturated carbocycles. The molecule has 2 aromatic carbocycles. The van der Waals surface area contributed by atoms with Crippen molar-refractivity contribution in [2.24, 2.45) is 0 Å². The molecule has 0 bridgehead atoms. The van der Waals surface area contributed by atoms with Crippen molar-refractivity contribution in [3.05, 3.63) is 70.7 Å². The summed E-state index contributed by atoms with van der Waals surface area (Å²) in [6.45, 7) is 3.41. The van der Waals surface area contributed by atoms with Gasteiger partial charge in [0, 0.05) is 26.4 Å². The van der Waals surface area contributed by atoms with Crippen molar-refractivity contribution in [2.45, 2.75) is 31.8 Å². The van der Waals surface area contributed by atoms with Gasteiger partial charge in [-0.05, 0) is 42.3 Å². The van der Waals surface area contributed by atoms with Crippen LogP contribution in [-0.4, -0.2) is 43.7 Å². The van der Waals surface area contributed by atoms with Crippen molar-refractivity contribution in [1.82, 2.24) is 9.29 Å². The zero-order valence-electron chi connectivity index (χ0n) is 18.8. The fourth-order valence-electron chi connectivity index (χ4n) is 2.99. The van der Waals surface area contributed by atoms with Crippen LogP contribution in [0.3, 0.4) is 0 Å². The van der Waals surface area contributed by atoms with Crippen LogP contribution in [0.25, 0.3) is 0 Å². The Morgan fingerprint density at radius 2 is 1.79 bits per heavy atom. The first kappa shape index (κ1) is 24.6. The van der Waals surface area contributed by atoms with E-state index in [2.05, 4.69) is 11.9 Å². The van der Waals surface area contributed by atoms with Crippen LogP contribution in [0.1, 0.15) is 35.5 Å². The van der Waals surface area contributed by atoms with Crippen molar-refractivity contribution in [2.75, 3.05) is 19.0 Å². The van der Waals surface area contributed by atoms with Gasteiger partial charge in [-0.15, -0.1) is 11.3 Å². The molecular weight excluding hydrogens is 462 g/mol. The summed E-state index contributed by atoms with van der Waals surface area (Å²) in [5.74, 6) is -0.852. The van der Waals surface area contributed by atoms with E-state index in [-0.39, 0.29) is 23.0 Å². The van der Waals surface area contributed by atoms with E-state index < -0.39 is 16.0 Å². The zero-order valence-corrected chi connectivity index (χ0v) is 20.4. The molecule has 3 aromatic rings. The van der Waals surface area contributed by atoms with Gasteiger partial charge >= 0.3 is 5.97 Å². The molecule has 0 saturated heterocycles. The predicted octanol–water partition coefficient (Wildman–Crippen LogP) is 4.00. The fraction of sp³-hybridized carbons (Fsp3) is 0.261. The maximum absolute atomic E-state index is 12.5. The Labute approximate surface area is 197 Å². The number of hydrogen-bond donors (Lipinski definition) is 0. The fourth-order valence-corrected chi connectivity index (χ4v) is 4.81. The summed E-state index contributed by atoms with van der Waals surface area (Å²) in [5.41, 5.74) is 2.47. The van der Waals surface area contributed by atoms with E-state index in [1.165, 1.54) is 61.5 Å². The van der Waals surface area contributed by atoms with E-state index in [0.717, 1.165) is 16.3 Å². The number of aryl methyl sites for hydroxylation is 1. The van der Waals surface area contributed by atoms with Crippen LogP contribution in [0, 0.1) is 0 Å². The first-order valence-electron chi connectivity index (χ1n) is 10.2. The van der Waals surface area contributed by atoms with Crippen LogP contribution in [-0.2, 0) is 32.6 Å². The molecule has 10 heteroatoms. The largest absolute Gasteiger partial charge is 0.456 e. The molecular formula is C23H25N3O5S2. The van der Waals surface area contributed by atoms with Gasteiger partial charge in [0.25, 0.3) is 0 Å². The van der Waals surface area contributed by atoms with Crippen molar-refractivity contribution in [3.8, 4) is 0 Å². The summed E-state index contributed by atoms with van der Waals surface area (Å²) < 4.78 is 31.0. The van der Waals surface area contributed by atoms with E-state index in [0.29, 0.717) is 16.5 Å². The molecule has 0 radical (unpaired) electrons. The number of amides is 1. The number of aromatic nitrogens is 1. The van der Waals surface area contributed by atoms with Crippen LogP contribution in [0.4, 0.5) is 10.8 Å². The average molecular weight is 488 g/mol. The summed E-state index contributed by atoms with van der Waals surface area (Å²) in [6, 6.07) is 13.3. The third kappa shape index (κ3) is 5.65. The van der Waals surface area contributed by atoms with Gasteiger partial charge in [0.1, 0.15) is 6.61 Å². The van der Waals surface area contributed by atoms with Crippen LogP contribution in [0.15, 0.2) is 58.8 Å². The molecule has 0 unspecified atom stereocenters. The Kier molecular flexibility index (Phi) is 7.62. The molecule has 0 aliphatic rings. The smallest absolute Gasteiger partial charge is 0.338 e. The number of ether oxygens (including phenoxy) is 1. The van der Waals surface area contributed by atoms with Crippen LogP contribution >= 0.6 is 11.3 Å². The van der Waals surface area contributed by atoms with Crippen molar-refractivity contribution < 1.29 is 22.7 Å². The first-order valence-corrected chi connectivity index (χ1v) is 12.5. The van der Waals surface area contributed by atoms with Crippen molar-refractivity contribution in [1.29, 1.82) is 0 Å². The molecule has 1 heterocycles. The van der Waals surface area contributed by atoms with Crippen LogP contribution in [0.2, 0.25) is 0 Å². The maximum atomic E-state index is 12.5. The summed E-state index contributed by atoms with van der Waals surface area (Å²) >= 11 is 1.27. The zero-order chi connectivity index (χ0) is 24.2. The second-order valence-electron chi connectivity index (χ2n) is 7.39. The Morgan fingerprint density at radius 3 is 2.39 bits per heavy atom. The monoisotopic (exact) mass is 487 g/mol. The number of hydrogen-bond acceptors (Lipinski definition) is 7. The van der Waals surface area contributed by atoms with Gasteiger partial charge in [0.2, 0.25) is 15.9 Å².